The molecule has 0 heterocycles. The van der Waals surface area contributed by atoms with E-state index in [1.807, 2.05) is 0 Å². The molecule has 1 aliphatic rings. The number of ether oxygens (including phenoxy) is 2. The van der Waals surface area contributed by atoms with Crippen LogP contribution in [-0.4, -0.2) is 26.0 Å². The summed E-state index contributed by atoms with van der Waals surface area (Å²) in [7, 11) is 3.36. The number of benzene rings is 1. The molecule has 0 unspecified atom stereocenters. The van der Waals surface area contributed by atoms with Gasteiger partial charge in [-0.15, -0.1) is 11.8 Å². The maximum absolute atomic E-state index is 5.39. The molecule has 0 amide bonds. The zero-order valence-corrected chi connectivity index (χ0v) is 13.0. The zero-order chi connectivity index (χ0) is 13.9. The molecular formula is C15H23NO2S. The van der Waals surface area contributed by atoms with Gasteiger partial charge in [0.15, 0.2) is 11.5 Å². The maximum Gasteiger partial charge on any atom is 0.161 e. The number of nitrogens with one attached hydrogen (secondary N) is 1. The Bertz CT molecular complexity index is 444. The molecule has 1 saturated carbocycles. The summed E-state index contributed by atoms with van der Waals surface area (Å²) in [5.74, 6) is 1.60. The van der Waals surface area contributed by atoms with Crippen molar-refractivity contribution in [3.63, 3.8) is 0 Å². The molecule has 1 aliphatic carbocycles. The van der Waals surface area contributed by atoms with Gasteiger partial charge < -0.3 is 14.8 Å². The minimum atomic E-state index is 0.322. The first-order valence-corrected chi connectivity index (χ1v) is 7.88. The van der Waals surface area contributed by atoms with Crippen molar-refractivity contribution < 1.29 is 9.47 Å². The van der Waals surface area contributed by atoms with Crippen molar-refractivity contribution in [2.75, 3.05) is 20.5 Å². The Kier molecular flexibility index (Phi) is 4.63. The van der Waals surface area contributed by atoms with E-state index in [0.717, 1.165) is 18.0 Å². The van der Waals surface area contributed by atoms with Crippen LogP contribution in [0, 0.1) is 0 Å². The highest BCUT2D eigenvalue weighted by molar-refractivity contribution is 7.98. The molecule has 0 atom stereocenters. The van der Waals surface area contributed by atoms with Crippen LogP contribution in [0.15, 0.2) is 17.0 Å². The summed E-state index contributed by atoms with van der Waals surface area (Å²) < 4.78 is 10.7. The van der Waals surface area contributed by atoms with Crippen molar-refractivity contribution in [1.29, 1.82) is 0 Å². The van der Waals surface area contributed by atoms with E-state index < -0.39 is 0 Å². The smallest absolute Gasteiger partial charge is 0.161 e. The standard InChI is InChI=1S/C15H23NO2S/c1-15(6-5-7-15)16-10-11-8-12(17-2)13(18-3)9-14(11)19-4/h8-9,16H,5-7,10H2,1-4H3. The molecule has 0 spiro atoms. The molecule has 106 valence electrons. The van der Waals surface area contributed by atoms with Gasteiger partial charge in [-0.1, -0.05) is 0 Å². The van der Waals surface area contributed by atoms with E-state index in [-0.39, 0.29) is 0 Å². The molecule has 1 fully saturated rings. The molecule has 2 rings (SSSR count). The van der Waals surface area contributed by atoms with Gasteiger partial charge in [-0.05, 0) is 50.1 Å². The van der Waals surface area contributed by atoms with Crippen LogP contribution in [0.1, 0.15) is 31.7 Å². The fraction of sp³-hybridized carbons (Fsp3) is 0.600. The van der Waals surface area contributed by atoms with E-state index in [2.05, 4.69) is 30.6 Å². The summed E-state index contributed by atoms with van der Waals surface area (Å²) in [6.07, 6.45) is 5.98. The number of thioether (sulfide) groups is 1. The van der Waals surface area contributed by atoms with Gasteiger partial charge in [-0.3, -0.25) is 0 Å². The minimum absolute atomic E-state index is 0.322. The third kappa shape index (κ3) is 3.18. The summed E-state index contributed by atoms with van der Waals surface area (Å²) in [4.78, 5) is 1.24. The number of rotatable bonds is 6. The quantitative estimate of drug-likeness (QED) is 0.809. The van der Waals surface area contributed by atoms with E-state index in [4.69, 9.17) is 9.47 Å². The van der Waals surface area contributed by atoms with Gasteiger partial charge >= 0.3 is 0 Å². The molecule has 0 aromatic heterocycles. The van der Waals surface area contributed by atoms with Crippen LogP contribution >= 0.6 is 11.8 Å². The summed E-state index contributed by atoms with van der Waals surface area (Å²) >= 11 is 1.74. The van der Waals surface area contributed by atoms with Gasteiger partial charge in [0, 0.05) is 17.0 Å². The zero-order valence-electron chi connectivity index (χ0n) is 12.2. The predicted molar refractivity (Wildman–Crippen MR) is 80.4 cm³/mol. The van der Waals surface area contributed by atoms with E-state index >= 15 is 0 Å². The highest BCUT2D eigenvalue weighted by Crippen LogP contribution is 2.36. The molecule has 4 heteroatoms. The molecule has 19 heavy (non-hydrogen) atoms. The molecular weight excluding hydrogens is 258 g/mol. The molecule has 1 aromatic rings. The monoisotopic (exact) mass is 281 g/mol. The van der Waals surface area contributed by atoms with Crippen molar-refractivity contribution >= 4 is 11.8 Å². The van der Waals surface area contributed by atoms with Crippen molar-refractivity contribution in [3.05, 3.63) is 17.7 Å². The maximum atomic E-state index is 5.39. The van der Waals surface area contributed by atoms with Gasteiger partial charge in [-0.2, -0.15) is 0 Å². The number of hydrogen-bond acceptors (Lipinski definition) is 4. The Morgan fingerprint density at radius 3 is 2.32 bits per heavy atom. The van der Waals surface area contributed by atoms with Gasteiger partial charge in [0.2, 0.25) is 0 Å². The van der Waals surface area contributed by atoms with E-state index in [1.54, 1.807) is 26.0 Å². The molecule has 0 radical (unpaired) electrons. The highest BCUT2D eigenvalue weighted by atomic mass is 32.2. The van der Waals surface area contributed by atoms with Gasteiger partial charge in [0.05, 0.1) is 14.2 Å². The predicted octanol–water partition coefficient (Wildman–Crippen LogP) is 3.46. The van der Waals surface area contributed by atoms with Crippen LogP contribution in [0.25, 0.3) is 0 Å². The molecule has 0 bridgehead atoms. The van der Waals surface area contributed by atoms with Crippen molar-refractivity contribution in [2.24, 2.45) is 0 Å². The topological polar surface area (TPSA) is 30.5 Å². The van der Waals surface area contributed by atoms with E-state index in [9.17, 15) is 0 Å². The van der Waals surface area contributed by atoms with E-state index in [0.29, 0.717) is 5.54 Å². The first-order valence-electron chi connectivity index (χ1n) is 6.66. The van der Waals surface area contributed by atoms with Crippen molar-refractivity contribution in [2.45, 2.75) is 43.2 Å². The average Bonchev–Trinajstić information content (AvgIpc) is 2.41. The lowest BCUT2D eigenvalue weighted by Crippen LogP contribution is -2.47. The fourth-order valence-corrected chi connectivity index (χ4v) is 3.04. The Morgan fingerprint density at radius 1 is 1.21 bits per heavy atom. The molecule has 0 aliphatic heterocycles. The second-order valence-electron chi connectivity index (χ2n) is 5.29. The Balaban J connectivity index is 2.17. The average molecular weight is 281 g/mol. The van der Waals surface area contributed by atoms with Crippen molar-refractivity contribution in [3.8, 4) is 11.5 Å². The summed E-state index contributed by atoms with van der Waals surface area (Å²) in [6, 6.07) is 4.14. The van der Waals surface area contributed by atoms with Crippen LogP contribution in [0.3, 0.4) is 0 Å². The lowest BCUT2D eigenvalue weighted by Gasteiger charge is -2.39. The van der Waals surface area contributed by atoms with Gasteiger partial charge in [0.1, 0.15) is 0 Å². The summed E-state index contributed by atoms with van der Waals surface area (Å²) in [5, 5.41) is 3.67. The first kappa shape index (κ1) is 14.5. The highest BCUT2D eigenvalue weighted by Gasteiger charge is 2.31. The van der Waals surface area contributed by atoms with E-state index in [1.165, 1.54) is 29.7 Å². The van der Waals surface area contributed by atoms with Crippen LogP contribution in [0.5, 0.6) is 11.5 Å². The fourth-order valence-electron chi connectivity index (χ4n) is 2.42. The SMILES string of the molecule is COc1cc(CNC2(C)CCC2)c(SC)cc1OC. The van der Waals surface area contributed by atoms with Crippen LogP contribution in [0.2, 0.25) is 0 Å². The first-order chi connectivity index (χ1) is 9.11. The Morgan fingerprint density at radius 2 is 1.84 bits per heavy atom. The van der Waals surface area contributed by atoms with Crippen molar-refractivity contribution in [1.82, 2.24) is 5.32 Å². The normalized spacial score (nSPS) is 16.8. The third-order valence-electron chi connectivity index (χ3n) is 3.95. The summed E-state index contributed by atoms with van der Waals surface area (Å²) in [5.41, 5.74) is 1.60. The molecule has 1 N–H and O–H groups in total. The molecule has 1 aromatic carbocycles. The lowest BCUT2D eigenvalue weighted by atomic mass is 9.78. The largest absolute Gasteiger partial charge is 0.493 e. The second kappa shape index (κ2) is 6.06. The Labute approximate surface area is 120 Å². The number of methoxy groups -OCH3 is 2. The lowest BCUT2D eigenvalue weighted by molar-refractivity contribution is 0.206. The van der Waals surface area contributed by atoms with Gasteiger partial charge in [0.25, 0.3) is 0 Å². The third-order valence-corrected chi connectivity index (χ3v) is 4.77. The molecule has 0 saturated heterocycles. The molecule has 3 nitrogen and oxygen atoms in total. The minimum Gasteiger partial charge on any atom is -0.493 e. The second-order valence-corrected chi connectivity index (χ2v) is 6.13. The van der Waals surface area contributed by atoms with Crippen LogP contribution in [0.4, 0.5) is 0 Å². The van der Waals surface area contributed by atoms with Crippen LogP contribution in [-0.2, 0) is 6.54 Å². The Hall–Kier alpha value is -0.870. The van der Waals surface area contributed by atoms with Crippen LogP contribution < -0.4 is 14.8 Å². The van der Waals surface area contributed by atoms with Gasteiger partial charge in [-0.25, -0.2) is 0 Å². The summed E-state index contributed by atoms with van der Waals surface area (Å²) in [6.45, 7) is 3.18. The number of hydrogen-bond donors (Lipinski definition) is 1.